The zero-order valence-corrected chi connectivity index (χ0v) is 15.5. The van der Waals surface area contributed by atoms with Crippen molar-refractivity contribution < 1.29 is 14.3 Å². The molecule has 1 amide bonds. The number of anilines is 1. The molecule has 1 N–H and O–H groups in total. The third-order valence-electron chi connectivity index (χ3n) is 4.08. The molecule has 0 aliphatic carbocycles. The highest BCUT2D eigenvalue weighted by Gasteiger charge is 2.10. The van der Waals surface area contributed by atoms with Crippen LogP contribution in [0.3, 0.4) is 0 Å². The Labute approximate surface area is 160 Å². The molecule has 0 saturated heterocycles. The highest BCUT2D eigenvalue weighted by molar-refractivity contribution is 6.00. The predicted molar refractivity (Wildman–Crippen MR) is 105 cm³/mol. The summed E-state index contributed by atoms with van der Waals surface area (Å²) in [5.74, 6) is 0.385. The van der Waals surface area contributed by atoms with E-state index < -0.39 is 0 Å². The van der Waals surface area contributed by atoms with E-state index in [2.05, 4.69) is 18.3 Å². The van der Waals surface area contributed by atoms with Crippen LogP contribution in [-0.4, -0.2) is 18.3 Å². The van der Waals surface area contributed by atoms with Gasteiger partial charge in [0.25, 0.3) is 0 Å². The Morgan fingerprint density at radius 3 is 2.59 bits per heavy atom. The molecule has 0 spiro atoms. The molecule has 2 aromatic carbocycles. The van der Waals surface area contributed by atoms with Gasteiger partial charge in [-0.1, -0.05) is 37.3 Å². The number of aryl methyl sites for hydroxylation is 1. The molecule has 140 valence electrons. The first-order valence-electron chi connectivity index (χ1n) is 9.14. The van der Waals surface area contributed by atoms with Crippen molar-refractivity contribution in [1.29, 1.82) is 5.26 Å². The summed E-state index contributed by atoms with van der Waals surface area (Å²) < 4.78 is 5.55. The van der Waals surface area contributed by atoms with Crippen molar-refractivity contribution in [2.45, 2.75) is 39.0 Å². The van der Waals surface area contributed by atoms with E-state index in [1.807, 2.05) is 24.3 Å². The zero-order valence-electron chi connectivity index (χ0n) is 15.5. The third-order valence-corrected chi connectivity index (χ3v) is 4.08. The van der Waals surface area contributed by atoms with Gasteiger partial charge in [0.15, 0.2) is 5.78 Å². The molecule has 0 unspecified atom stereocenters. The van der Waals surface area contributed by atoms with Gasteiger partial charge in [0.05, 0.1) is 12.7 Å². The van der Waals surface area contributed by atoms with Crippen LogP contribution in [0, 0.1) is 11.3 Å². The molecule has 5 nitrogen and oxygen atoms in total. The molecule has 2 aromatic rings. The maximum Gasteiger partial charge on any atom is 0.224 e. The van der Waals surface area contributed by atoms with E-state index >= 15 is 0 Å². The van der Waals surface area contributed by atoms with E-state index in [4.69, 9.17) is 10.00 Å². The Morgan fingerprint density at radius 1 is 1.11 bits per heavy atom. The van der Waals surface area contributed by atoms with E-state index in [1.165, 1.54) is 5.56 Å². The number of benzene rings is 2. The van der Waals surface area contributed by atoms with Crippen LogP contribution in [0.25, 0.3) is 0 Å². The van der Waals surface area contributed by atoms with Gasteiger partial charge in [-0.15, -0.1) is 0 Å². The first-order valence-corrected chi connectivity index (χ1v) is 9.14. The maximum absolute atomic E-state index is 12.2. The Kier molecular flexibility index (Phi) is 8.05. The Bertz CT molecular complexity index is 807. The van der Waals surface area contributed by atoms with Crippen molar-refractivity contribution >= 4 is 17.4 Å². The number of unbranched alkanes of at least 4 members (excludes halogenated alkanes) is 1. The average Bonchev–Trinajstić information content (AvgIpc) is 2.70. The number of carbonyl (C=O) groups excluding carboxylic acids is 2. The first kappa shape index (κ1) is 20.2. The summed E-state index contributed by atoms with van der Waals surface area (Å²) in [5.41, 5.74) is 2.43. The summed E-state index contributed by atoms with van der Waals surface area (Å²) in [6.45, 7) is 2.52. The number of ketones is 1. The summed E-state index contributed by atoms with van der Waals surface area (Å²) in [6.07, 6.45) is 2.33. The number of hydrogen-bond donors (Lipinski definition) is 1. The number of carbonyl (C=O) groups is 2. The smallest absolute Gasteiger partial charge is 0.224 e. The van der Waals surface area contributed by atoms with Crippen molar-refractivity contribution in [3.05, 3.63) is 59.7 Å². The lowest BCUT2D eigenvalue weighted by Crippen LogP contribution is -2.13. The maximum atomic E-state index is 12.2. The number of amides is 1. The highest BCUT2D eigenvalue weighted by atomic mass is 16.5. The van der Waals surface area contributed by atoms with Gasteiger partial charge in [-0.05, 0) is 30.5 Å². The summed E-state index contributed by atoms with van der Waals surface area (Å²) >= 11 is 0. The van der Waals surface area contributed by atoms with E-state index in [9.17, 15) is 9.59 Å². The van der Waals surface area contributed by atoms with Crippen LogP contribution in [0.1, 0.15) is 48.5 Å². The molecule has 0 heterocycles. The van der Waals surface area contributed by atoms with Gasteiger partial charge in [-0.3, -0.25) is 9.59 Å². The van der Waals surface area contributed by atoms with Gasteiger partial charge in [-0.2, -0.15) is 5.26 Å². The average molecular weight is 364 g/mol. The summed E-state index contributed by atoms with van der Waals surface area (Å²) in [5, 5.41) is 11.3. The first-order chi connectivity index (χ1) is 13.1. The van der Waals surface area contributed by atoms with Crippen molar-refractivity contribution in [3.63, 3.8) is 0 Å². The second-order valence-electron chi connectivity index (χ2n) is 6.16. The topological polar surface area (TPSA) is 79.2 Å². The minimum absolute atomic E-state index is 0.0395. The molecule has 0 atom stereocenters. The monoisotopic (exact) mass is 364 g/mol. The predicted octanol–water partition coefficient (Wildman–Crippen LogP) is 4.53. The minimum Gasteiger partial charge on any atom is -0.493 e. The molecule has 0 saturated carbocycles. The number of nitriles is 1. The summed E-state index contributed by atoms with van der Waals surface area (Å²) in [4.78, 5) is 24.3. The highest BCUT2D eigenvalue weighted by Crippen LogP contribution is 2.18. The van der Waals surface area contributed by atoms with Crippen molar-refractivity contribution in [1.82, 2.24) is 0 Å². The van der Waals surface area contributed by atoms with E-state index in [0.29, 0.717) is 36.4 Å². The van der Waals surface area contributed by atoms with Crippen molar-refractivity contribution in [3.8, 4) is 11.8 Å². The Morgan fingerprint density at radius 2 is 1.89 bits per heavy atom. The van der Waals surface area contributed by atoms with E-state index in [1.54, 1.807) is 24.3 Å². The number of Topliss-reactive ketones (excluding diaryl/α,β-unsaturated/α-hetero) is 1. The van der Waals surface area contributed by atoms with Crippen LogP contribution in [0.15, 0.2) is 48.5 Å². The SMILES string of the molecule is CCc1ccc(C(=O)CCC(=O)Nc2cccc(OCCCC#N)c2)cc1. The minimum atomic E-state index is -0.213. The zero-order chi connectivity index (χ0) is 19.5. The normalized spacial score (nSPS) is 10.1. The molecule has 0 aliphatic rings. The van der Waals surface area contributed by atoms with Gasteiger partial charge in [0, 0.05) is 36.6 Å². The van der Waals surface area contributed by atoms with Gasteiger partial charge >= 0.3 is 0 Å². The number of rotatable bonds is 10. The second kappa shape index (κ2) is 10.8. The fraction of sp³-hybridized carbons (Fsp3) is 0.318. The second-order valence-corrected chi connectivity index (χ2v) is 6.16. The lowest BCUT2D eigenvalue weighted by atomic mass is 10.0. The standard InChI is InChI=1S/C22H24N2O3/c1-2-17-8-10-18(11-9-17)21(25)12-13-22(26)24-19-6-5-7-20(16-19)27-15-4-3-14-23/h5-11,16H,2-4,12-13,15H2,1H3,(H,24,26). The quantitative estimate of drug-likeness (QED) is 0.496. The molecule has 0 aliphatic heterocycles. The molecule has 0 fully saturated rings. The number of ether oxygens (including phenoxy) is 1. The fourth-order valence-corrected chi connectivity index (χ4v) is 2.53. The van der Waals surface area contributed by atoms with Crippen LogP contribution in [0.4, 0.5) is 5.69 Å². The van der Waals surface area contributed by atoms with Gasteiger partial charge < -0.3 is 10.1 Å². The van der Waals surface area contributed by atoms with Crippen molar-refractivity contribution in [2.75, 3.05) is 11.9 Å². The summed E-state index contributed by atoms with van der Waals surface area (Å²) in [7, 11) is 0. The van der Waals surface area contributed by atoms with Crippen molar-refractivity contribution in [2.24, 2.45) is 0 Å². The van der Waals surface area contributed by atoms with Crippen LogP contribution in [0.2, 0.25) is 0 Å². The molecule has 27 heavy (non-hydrogen) atoms. The molecule has 0 aromatic heterocycles. The lowest BCUT2D eigenvalue weighted by Gasteiger charge is -2.09. The molecule has 5 heteroatoms. The number of nitrogens with one attached hydrogen (secondary N) is 1. The van der Waals surface area contributed by atoms with E-state index in [0.717, 1.165) is 6.42 Å². The number of nitrogens with zero attached hydrogens (tertiary/aromatic N) is 1. The molecule has 2 rings (SSSR count). The molecular formula is C22H24N2O3. The molecule has 0 bridgehead atoms. The van der Waals surface area contributed by atoms with Crippen LogP contribution < -0.4 is 10.1 Å². The lowest BCUT2D eigenvalue weighted by molar-refractivity contribution is -0.116. The van der Waals surface area contributed by atoms with Crippen LogP contribution in [0.5, 0.6) is 5.75 Å². The van der Waals surface area contributed by atoms with E-state index in [-0.39, 0.29) is 24.5 Å². The van der Waals surface area contributed by atoms with Crippen LogP contribution >= 0.6 is 0 Å². The summed E-state index contributed by atoms with van der Waals surface area (Å²) in [6, 6.07) is 16.7. The third kappa shape index (κ3) is 6.95. The number of hydrogen-bond acceptors (Lipinski definition) is 4. The molecular weight excluding hydrogens is 340 g/mol. The Hall–Kier alpha value is -3.13. The fourth-order valence-electron chi connectivity index (χ4n) is 2.53. The van der Waals surface area contributed by atoms with Gasteiger partial charge in [-0.25, -0.2) is 0 Å². The molecule has 0 radical (unpaired) electrons. The van der Waals surface area contributed by atoms with Gasteiger partial charge in [0.1, 0.15) is 5.75 Å². The largest absolute Gasteiger partial charge is 0.493 e. The van der Waals surface area contributed by atoms with Crippen LogP contribution in [-0.2, 0) is 11.2 Å². The Balaban J connectivity index is 1.81. The van der Waals surface area contributed by atoms with Gasteiger partial charge in [0.2, 0.25) is 5.91 Å².